The van der Waals surface area contributed by atoms with Gasteiger partial charge in [0, 0.05) is 11.1 Å². The second-order valence-corrected chi connectivity index (χ2v) is 8.45. The van der Waals surface area contributed by atoms with E-state index in [4.69, 9.17) is 4.74 Å². The monoisotopic (exact) mass is 453 g/mol. The van der Waals surface area contributed by atoms with Crippen molar-refractivity contribution in [2.45, 2.75) is 4.90 Å². The Morgan fingerprint density at radius 2 is 1.91 bits per heavy atom. The van der Waals surface area contributed by atoms with Gasteiger partial charge < -0.3 is 14.9 Å². The van der Waals surface area contributed by atoms with Crippen LogP contribution in [0.1, 0.15) is 21.5 Å². The summed E-state index contributed by atoms with van der Waals surface area (Å²) in [7, 11) is -2.67. The van der Waals surface area contributed by atoms with Crippen molar-refractivity contribution in [3.8, 4) is 5.75 Å². The Bertz CT molecular complexity index is 1380. The summed E-state index contributed by atoms with van der Waals surface area (Å²) in [6.07, 6.45) is 1.30. The molecule has 0 saturated carbocycles. The number of ether oxygens (including phenoxy) is 1. The summed E-state index contributed by atoms with van der Waals surface area (Å²) in [6.45, 7) is -0.373. The summed E-state index contributed by atoms with van der Waals surface area (Å²) in [5.74, 6) is -0.987. The number of hydrogen-bond donors (Lipinski definition) is 2. The van der Waals surface area contributed by atoms with Crippen molar-refractivity contribution in [1.29, 1.82) is 0 Å². The second kappa shape index (κ2) is 8.40. The number of rotatable bonds is 5. The minimum absolute atomic E-state index is 0.0347. The Morgan fingerprint density at radius 3 is 2.66 bits per heavy atom. The molecule has 3 aromatic carbocycles. The van der Waals surface area contributed by atoms with E-state index in [9.17, 15) is 23.4 Å². The second-order valence-electron chi connectivity index (χ2n) is 6.88. The predicted molar refractivity (Wildman–Crippen MR) is 119 cm³/mol. The molecule has 0 amide bonds. The minimum Gasteiger partial charge on any atom is -0.506 e. The Morgan fingerprint density at radius 1 is 1.19 bits per heavy atom. The molecule has 0 aliphatic carbocycles. The summed E-state index contributed by atoms with van der Waals surface area (Å²) in [4.78, 5) is 12.2. The van der Waals surface area contributed by atoms with E-state index < -0.39 is 16.0 Å². The molecule has 0 unspecified atom stereocenters. The number of benzene rings is 3. The van der Waals surface area contributed by atoms with E-state index in [0.29, 0.717) is 16.3 Å². The molecule has 10 heteroatoms. The van der Waals surface area contributed by atoms with Gasteiger partial charge in [0.05, 0.1) is 26.5 Å². The average Bonchev–Trinajstić information content (AvgIpc) is 3.07. The molecule has 0 aromatic heterocycles. The Kier molecular flexibility index (Phi) is 5.64. The number of aliphatic hydroxyl groups excluding tert-OH is 1. The molecule has 1 aliphatic heterocycles. The number of esters is 1. The number of fused-ring (bicyclic) bond motifs is 2. The van der Waals surface area contributed by atoms with Crippen LogP contribution in [0.2, 0.25) is 0 Å². The number of hydrazone groups is 1. The number of sulfonamides is 1. The van der Waals surface area contributed by atoms with Gasteiger partial charge in [-0.3, -0.25) is 0 Å². The molecule has 0 bridgehead atoms. The summed E-state index contributed by atoms with van der Waals surface area (Å²) in [5, 5.41) is 27.1. The third-order valence-corrected chi connectivity index (χ3v) is 6.29. The molecule has 4 rings (SSSR count). The third-order valence-electron chi connectivity index (χ3n) is 4.96. The van der Waals surface area contributed by atoms with Crippen LogP contribution >= 0.6 is 0 Å². The van der Waals surface area contributed by atoms with Crippen LogP contribution in [0.25, 0.3) is 10.8 Å². The summed E-state index contributed by atoms with van der Waals surface area (Å²) >= 11 is 0. The van der Waals surface area contributed by atoms with Gasteiger partial charge in [0.2, 0.25) is 0 Å². The van der Waals surface area contributed by atoms with Crippen molar-refractivity contribution in [2.75, 3.05) is 20.3 Å². The number of methoxy groups -OCH3 is 1. The van der Waals surface area contributed by atoms with Gasteiger partial charge in [0.25, 0.3) is 10.0 Å². The highest BCUT2D eigenvalue weighted by Crippen LogP contribution is 2.31. The van der Waals surface area contributed by atoms with Crippen molar-refractivity contribution >= 4 is 38.8 Å². The zero-order chi connectivity index (χ0) is 22.9. The average molecular weight is 453 g/mol. The van der Waals surface area contributed by atoms with E-state index in [0.717, 1.165) is 0 Å². The number of phenols is 1. The third kappa shape index (κ3) is 3.70. The predicted octanol–water partition coefficient (Wildman–Crippen LogP) is 2.11. The van der Waals surface area contributed by atoms with Gasteiger partial charge in [0.1, 0.15) is 16.2 Å². The molecule has 0 atom stereocenters. The fourth-order valence-electron chi connectivity index (χ4n) is 3.48. The van der Waals surface area contributed by atoms with Crippen molar-refractivity contribution in [3.63, 3.8) is 0 Å². The SMILES string of the molecule is COC(=O)c1cc2ccccc2c(C=NN(CCO)C2=NS(=O)(=O)c3ccccc32)c1O. The molecule has 1 heterocycles. The maximum absolute atomic E-state index is 12.4. The van der Waals surface area contributed by atoms with Gasteiger partial charge >= 0.3 is 5.97 Å². The first-order chi connectivity index (χ1) is 15.4. The largest absolute Gasteiger partial charge is 0.506 e. The summed E-state index contributed by atoms with van der Waals surface area (Å²) in [6, 6.07) is 14.9. The number of phenolic OH excluding ortho intramolecular Hbond substituents is 1. The fourth-order valence-corrected chi connectivity index (χ4v) is 4.68. The van der Waals surface area contributed by atoms with Crippen molar-refractivity contribution < 1.29 is 28.2 Å². The van der Waals surface area contributed by atoms with E-state index in [1.54, 1.807) is 42.5 Å². The van der Waals surface area contributed by atoms with Crippen LogP contribution in [0.5, 0.6) is 5.75 Å². The van der Waals surface area contributed by atoms with E-state index >= 15 is 0 Å². The first kappa shape index (κ1) is 21.5. The van der Waals surface area contributed by atoms with E-state index in [2.05, 4.69) is 9.50 Å². The van der Waals surface area contributed by atoms with Crippen LogP contribution < -0.4 is 0 Å². The standard InChI is InChI=1S/C22H19N3O6S/c1-31-22(28)17-12-14-6-2-3-7-15(14)18(20(17)27)13-23-25(10-11-26)21-16-8-4-5-9-19(16)32(29,30)24-21/h2-9,12-13,26-27H,10-11H2,1H3. The molecule has 3 aromatic rings. The number of aliphatic hydroxyl groups is 1. The lowest BCUT2D eigenvalue weighted by atomic mass is 10.00. The van der Waals surface area contributed by atoms with Crippen molar-refractivity contribution in [1.82, 2.24) is 5.01 Å². The normalized spacial score (nSPS) is 14.4. The van der Waals surface area contributed by atoms with Gasteiger partial charge in [-0.05, 0) is 29.0 Å². The Balaban J connectivity index is 1.84. The number of carbonyl (C=O) groups excluding carboxylic acids is 1. The van der Waals surface area contributed by atoms with E-state index in [1.807, 2.05) is 0 Å². The lowest BCUT2D eigenvalue weighted by Gasteiger charge is -2.18. The molecule has 164 valence electrons. The van der Waals surface area contributed by atoms with Crippen molar-refractivity contribution in [2.24, 2.45) is 9.50 Å². The van der Waals surface area contributed by atoms with Gasteiger partial charge in [0.15, 0.2) is 5.84 Å². The number of aromatic hydroxyl groups is 1. The van der Waals surface area contributed by atoms with Gasteiger partial charge in [-0.15, -0.1) is 4.40 Å². The molecular formula is C22H19N3O6S. The highest BCUT2D eigenvalue weighted by Gasteiger charge is 2.31. The first-order valence-electron chi connectivity index (χ1n) is 9.57. The van der Waals surface area contributed by atoms with Crippen LogP contribution in [-0.2, 0) is 14.8 Å². The zero-order valence-electron chi connectivity index (χ0n) is 17.0. The van der Waals surface area contributed by atoms with Gasteiger partial charge in [-0.25, -0.2) is 9.80 Å². The molecular weight excluding hydrogens is 434 g/mol. The summed E-state index contributed by atoms with van der Waals surface area (Å²) in [5.41, 5.74) is 0.559. The smallest absolute Gasteiger partial charge is 0.341 e. The number of hydrogen-bond acceptors (Lipinski definition) is 8. The van der Waals surface area contributed by atoms with Crippen LogP contribution in [-0.4, -0.2) is 61.9 Å². The lowest BCUT2D eigenvalue weighted by Crippen LogP contribution is -2.29. The minimum atomic E-state index is -3.89. The molecule has 0 spiro atoms. The van der Waals surface area contributed by atoms with Gasteiger partial charge in [-0.1, -0.05) is 36.4 Å². The fraction of sp³-hybridized carbons (Fsp3) is 0.136. The highest BCUT2D eigenvalue weighted by molar-refractivity contribution is 7.90. The lowest BCUT2D eigenvalue weighted by molar-refractivity contribution is 0.0597. The highest BCUT2D eigenvalue weighted by atomic mass is 32.2. The number of carbonyl (C=O) groups is 1. The molecule has 0 fully saturated rings. The molecule has 0 saturated heterocycles. The van der Waals surface area contributed by atoms with Crippen LogP contribution in [0, 0.1) is 0 Å². The van der Waals surface area contributed by atoms with Crippen LogP contribution in [0.15, 0.2) is 69.0 Å². The number of amidine groups is 1. The Labute approximate surface area is 183 Å². The molecule has 1 aliphatic rings. The maximum Gasteiger partial charge on any atom is 0.341 e. The summed E-state index contributed by atoms with van der Waals surface area (Å²) < 4.78 is 33.4. The maximum atomic E-state index is 12.4. The topological polar surface area (TPSA) is 129 Å². The van der Waals surface area contributed by atoms with E-state index in [-0.39, 0.29) is 40.8 Å². The van der Waals surface area contributed by atoms with Crippen molar-refractivity contribution in [3.05, 3.63) is 71.3 Å². The molecule has 0 radical (unpaired) electrons. The van der Waals surface area contributed by atoms with Crippen LogP contribution in [0.3, 0.4) is 0 Å². The first-order valence-corrected chi connectivity index (χ1v) is 11.0. The van der Waals surface area contributed by atoms with Gasteiger partial charge in [-0.2, -0.15) is 13.5 Å². The molecule has 32 heavy (non-hydrogen) atoms. The molecule has 2 N–H and O–H groups in total. The Hall–Kier alpha value is -3.76. The van der Waals surface area contributed by atoms with E-state index in [1.165, 1.54) is 30.5 Å². The quantitative estimate of drug-likeness (QED) is 0.344. The van der Waals surface area contributed by atoms with Crippen LogP contribution in [0.4, 0.5) is 0 Å². The molecule has 9 nitrogen and oxygen atoms in total. The zero-order valence-corrected chi connectivity index (χ0v) is 17.8. The number of nitrogens with zero attached hydrogens (tertiary/aromatic N) is 3.